The van der Waals surface area contributed by atoms with Crippen molar-refractivity contribution >= 4 is 39.7 Å². The van der Waals surface area contributed by atoms with E-state index in [9.17, 15) is 4.79 Å². The molecular weight excluding hydrogens is 382 g/mol. The van der Waals surface area contributed by atoms with Gasteiger partial charge in [-0.2, -0.15) is 0 Å². The minimum Gasteiger partial charge on any atom is -0.376 e. The fourth-order valence-corrected chi connectivity index (χ4v) is 4.05. The van der Waals surface area contributed by atoms with Crippen molar-refractivity contribution in [1.29, 1.82) is 0 Å². The van der Waals surface area contributed by atoms with Gasteiger partial charge in [-0.25, -0.2) is 4.98 Å². The Morgan fingerprint density at radius 2 is 2.11 bits per heavy atom. The monoisotopic (exact) mass is 407 g/mol. The summed E-state index contributed by atoms with van der Waals surface area (Å²) in [7, 11) is 0. The van der Waals surface area contributed by atoms with E-state index in [1.54, 1.807) is 11.3 Å². The molecule has 1 fully saturated rings. The van der Waals surface area contributed by atoms with Crippen LogP contribution in [0, 0.1) is 0 Å². The van der Waals surface area contributed by atoms with E-state index in [0.29, 0.717) is 11.6 Å². The number of benzene rings is 1. The largest absolute Gasteiger partial charge is 0.376 e. The molecule has 1 atom stereocenters. The predicted molar refractivity (Wildman–Crippen MR) is 111 cm³/mol. The quantitative estimate of drug-likeness (QED) is 0.764. The van der Waals surface area contributed by atoms with Crippen LogP contribution in [0.3, 0.4) is 0 Å². The first-order valence-corrected chi connectivity index (χ1v) is 10.5. The SMILES string of the molecule is CC(C)(C)c1csc(N(CC(=O)NC[C@H]2CCCO2)c2ccc(Cl)cc2)n1. The number of hydrogen-bond donors (Lipinski definition) is 1. The number of halogens is 1. The number of amides is 1. The number of carbonyl (C=O) groups excluding carboxylic acids is 1. The molecule has 1 aliphatic heterocycles. The molecule has 1 aromatic heterocycles. The standard InChI is InChI=1S/C20H26ClN3O2S/c1-20(2,3)17-13-27-19(23-17)24(15-8-6-14(21)7-9-15)12-18(25)22-11-16-5-4-10-26-16/h6-9,13,16H,4-5,10-12H2,1-3H3,(H,22,25)/t16-/m1/s1. The van der Waals surface area contributed by atoms with Crippen molar-refractivity contribution in [2.75, 3.05) is 24.6 Å². The second-order valence-electron chi connectivity index (χ2n) is 7.77. The fourth-order valence-electron chi connectivity index (χ4n) is 2.86. The highest BCUT2D eigenvalue weighted by molar-refractivity contribution is 7.13. The van der Waals surface area contributed by atoms with Crippen molar-refractivity contribution in [3.8, 4) is 0 Å². The molecule has 5 nitrogen and oxygen atoms in total. The highest BCUT2D eigenvalue weighted by Gasteiger charge is 2.23. The summed E-state index contributed by atoms with van der Waals surface area (Å²) in [5.41, 5.74) is 1.87. The Morgan fingerprint density at radius 1 is 1.37 bits per heavy atom. The van der Waals surface area contributed by atoms with Gasteiger partial charge in [0.25, 0.3) is 0 Å². The van der Waals surface area contributed by atoms with Crippen molar-refractivity contribution in [3.63, 3.8) is 0 Å². The Balaban J connectivity index is 1.76. The number of aromatic nitrogens is 1. The van der Waals surface area contributed by atoms with Gasteiger partial charge in [0, 0.05) is 34.7 Å². The van der Waals surface area contributed by atoms with E-state index in [0.717, 1.165) is 36.0 Å². The summed E-state index contributed by atoms with van der Waals surface area (Å²) in [6.07, 6.45) is 2.19. The summed E-state index contributed by atoms with van der Waals surface area (Å²) in [5, 5.41) is 6.51. The average molecular weight is 408 g/mol. The van der Waals surface area contributed by atoms with Gasteiger partial charge in [0.05, 0.1) is 11.8 Å². The van der Waals surface area contributed by atoms with Gasteiger partial charge in [-0.3, -0.25) is 4.79 Å². The van der Waals surface area contributed by atoms with E-state index in [-0.39, 0.29) is 24.0 Å². The number of carbonyl (C=O) groups is 1. The molecule has 146 valence electrons. The van der Waals surface area contributed by atoms with E-state index in [2.05, 4.69) is 31.5 Å². The van der Waals surface area contributed by atoms with E-state index < -0.39 is 0 Å². The molecule has 0 unspecified atom stereocenters. The van der Waals surface area contributed by atoms with E-state index in [1.807, 2.05) is 29.2 Å². The second kappa shape index (κ2) is 8.59. The van der Waals surface area contributed by atoms with Crippen LogP contribution < -0.4 is 10.2 Å². The molecule has 1 aromatic carbocycles. The number of rotatable bonds is 6. The Kier molecular flexibility index (Phi) is 6.40. The maximum atomic E-state index is 12.6. The van der Waals surface area contributed by atoms with Crippen molar-refractivity contribution in [3.05, 3.63) is 40.4 Å². The maximum Gasteiger partial charge on any atom is 0.240 e. The molecule has 2 heterocycles. The third kappa shape index (κ3) is 5.43. The Morgan fingerprint density at radius 3 is 2.70 bits per heavy atom. The number of nitrogens with one attached hydrogen (secondary N) is 1. The lowest BCUT2D eigenvalue weighted by molar-refractivity contribution is -0.120. The summed E-state index contributed by atoms with van der Waals surface area (Å²) in [6, 6.07) is 7.47. The lowest BCUT2D eigenvalue weighted by atomic mass is 9.93. The molecule has 27 heavy (non-hydrogen) atoms. The minimum absolute atomic E-state index is 0.0392. The van der Waals surface area contributed by atoms with Crippen LogP contribution in [0.25, 0.3) is 0 Å². The minimum atomic E-state index is -0.0482. The zero-order chi connectivity index (χ0) is 19.4. The first-order valence-electron chi connectivity index (χ1n) is 9.20. The van der Waals surface area contributed by atoms with Crippen LogP contribution in [0.5, 0.6) is 0 Å². The molecule has 0 radical (unpaired) electrons. The molecule has 0 aliphatic carbocycles. The number of anilines is 2. The first kappa shape index (κ1) is 20.1. The molecular formula is C20H26ClN3O2S. The molecule has 1 N–H and O–H groups in total. The Bertz CT molecular complexity index is 764. The summed E-state index contributed by atoms with van der Waals surface area (Å²) in [6.45, 7) is 7.93. The van der Waals surface area contributed by atoms with Crippen LogP contribution in [-0.4, -0.2) is 36.7 Å². The molecule has 1 aliphatic rings. The van der Waals surface area contributed by atoms with Gasteiger partial charge in [0.15, 0.2) is 5.13 Å². The Labute approximate surface area is 169 Å². The van der Waals surface area contributed by atoms with Gasteiger partial charge in [-0.15, -0.1) is 11.3 Å². The van der Waals surface area contributed by atoms with Crippen molar-refractivity contribution in [2.24, 2.45) is 0 Å². The molecule has 1 saturated heterocycles. The van der Waals surface area contributed by atoms with Crippen molar-refractivity contribution in [1.82, 2.24) is 10.3 Å². The molecule has 0 bridgehead atoms. The third-order valence-electron chi connectivity index (χ3n) is 4.48. The maximum absolute atomic E-state index is 12.6. The highest BCUT2D eigenvalue weighted by Crippen LogP contribution is 2.33. The smallest absolute Gasteiger partial charge is 0.240 e. The normalized spacial score (nSPS) is 17.1. The van der Waals surface area contributed by atoms with Crippen molar-refractivity contribution in [2.45, 2.75) is 45.1 Å². The average Bonchev–Trinajstić information content (AvgIpc) is 3.30. The second-order valence-corrected chi connectivity index (χ2v) is 9.04. The molecule has 3 rings (SSSR count). The number of hydrogen-bond acceptors (Lipinski definition) is 5. The van der Waals surface area contributed by atoms with Gasteiger partial charge < -0.3 is 15.0 Å². The van der Waals surface area contributed by atoms with Crippen molar-refractivity contribution < 1.29 is 9.53 Å². The lowest BCUT2D eigenvalue weighted by Gasteiger charge is -2.22. The molecule has 0 spiro atoms. The van der Waals surface area contributed by atoms with E-state index in [1.165, 1.54) is 0 Å². The van der Waals surface area contributed by atoms with Crippen LogP contribution >= 0.6 is 22.9 Å². The first-order chi connectivity index (χ1) is 12.8. The fraction of sp³-hybridized carbons (Fsp3) is 0.500. The van der Waals surface area contributed by atoms with Gasteiger partial charge in [-0.1, -0.05) is 32.4 Å². The van der Waals surface area contributed by atoms with Crippen LogP contribution in [-0.2, 0) is 14.9 Å². The zero-order valence-corrected chi connectivity index (χ0v) is 17.6. The van der Waals surface area contributed by atoms with Gasteiger partial charge in [-0.05, 0) is 37.1 Å². The van der Waals surface area contributed by atoms with Crippen LogP contribution in [0.1, 0.15) is 39.3 Å². The number of nitrogens with zero attached hydrogens (tertiary/aromatic N) is 2. The Hall–Kier alpha value is -1.63. The molecule has 2 aromatic rings. The van der Waals surface area contributed by atoms with Crippen LogP contribution in [0.2, 0.25) is 5.02 Å². The van der Waals surface area contributed by atoms with Crippen LogP contribution in [0.15, 0.2) is 29.6 Å². The number of ether oxygens (including phenoxy) is 1. The summed E-state index contributed by atoms with van der Waals surface area (Å²) in [5.74, 6) is -0.0482. The molecule has 1 amide bonds. The molecule has 7 heteroatoms. The summed E-state index contributed by atoms with van der Waals surface area (Å²) < 4.78 is 5.58. The lowest BCUT2D eigenvalue weighted by Crippen LogP contribution is -2.38. The predicted octanol–water partition coefficient (Wildman–Crippen LogP) is 4.53. The number of thiazole rings is 1. The van der Waals surface area contributed by atoms with Crippen LogP contribution in [0.4, 0.5) is 10.8 Å². The topological polar surface area (TPSA) is 54.5 Å². The van der Waals surface area contributed by atoms with Gasteiger partial charge in [0.2, 0.25) is 5.91 Å². The third-order valence-corrected chi connectivity index (χ3v) is 5.60. The van der Waals surface area contributed by atoms with Gasteiger partial charge >= 0.3 is 0 Å². The van der Waals surface area contributed by atoms with E-state index in [4.69, 9.17) is 21.3 Å². The van der Waals surface area contributed by atoms with Gasteiger partial charge in [0.1, 0.15) is 6.54 Å². The molecule has 0 saturated carbocycles. The van der Waals surface area contributed by atoms with E-state index >= 15 is 0 Å². The highest BCUT2D eigenvalue weighted by atomic mass is 35.5. The summed E-state index contributed by atoms with van der Waals surface area (Å²) in [4.78, 5) is 19.3. The summed E-state index contributed by atoms with van der Waals surface area (Å²) >= 11 is 7.58. The zero-order valence-electron chi connectivity index (χ0n) is 16.0.